The lowest BCUT2D eigenvalue weighted by atomic mass is 10.2. The van der Waals surface area contributed by atoms with Crippen molar-refractivity contribution in [1.29, 1.82) is 0 Å². The first-order valence-electron chi connectivity index (χ1n) is 6.84. The Labute approximate surface area is 119 Å². The van der Waals surface area contributed by atoms with E-state index in [0.717, 1.165) is 12.0 Å². The number of nitrogens with one attached hydrogen (secondary N) is 1. The van der Waals surface area contributed by atoms with Gasteiger partial charge in [-0.05, 0) is 30.2 Å². The van der Waals surface area contributed by atoms with Crippen LogP contribution >= 0.6 is 0 Å². The molecule has 0 fully saturated rings. The lowest BCUT2D eigenvalue weighted by molar-refractivity contribution is 0.0953. The molecule has 0 aromatic heterocycles. The molecule has 3 heteroatoms. The van der Waals surface area contributed by atoms with Crippen LogP contribution in [0.3, 0.4) is 0 Å². The molecule has 0 unspecified atom stereocenters. The first-order valence-corrected chi connectivity index (χ1v) is 6.84. The second-order valence-electron chi connectivity index (χ2n) is 4.56. The van der Waals surface area contributed by atoms with E-state index in [9.17, 15) is 4.79 Å². The normalized spacial score (nSPS) is 10.1. The summed E-state index contributed by atoms with van der Waals surface area (Å²) in [5.74, 6) is 0.648. The molecule has 0 aliphatic rings. The summed E-state index contributed by atoms with van der Waals surface area (Å²) in [7, 11) is 0. The second-order valence-corrected chi connectivity index (χ2v) is 4.56. The van der Waals surface area contributed by atoms with Gasteiger partial charge in [0.15, 0.2) is 0 Å². The van der Waals surface area contributed by atoms with Crippen LogP contribution in [0.1, 0.15) is 29.3 Å². The van der Waals surface area contributed by atoms with Crippen molar-refractivity contribution in [3.8, 4) is 5.75 Å². The topological polar surface area (TPSA) is 38.3 Å². The summed E-state index contributed by atoms with van der Waals surface area (Å²) >= 11 is 0. The second kappa shape index (κ2) is 7.34. The standard InChI is InChI=1S/C17H19NO2/c1-2-11-18-17(19)15-9-6-10-16(12-15)20-13-14-7-4-3-5-8-14/h3-10,12H,2,11,13H2,1H3,(H,18,19). The van der Waals surface area contributed by atoms with Crippen LogP contribution in [0.15, 0.2) is 54.6 Å². The fraction of sp³-hybridized carbons (Fsp3) is 0.235. The Morgan fingerprint density at radius 1 is 1.10 bits per heavy atom. The zero-order valence-corrected chi connectivity index (χ0v) is 11.6. The van der Waals surface area contributed by atoms with E-state index in [1.165, 1.54) is 0 Å². The quantitative estimate of drug-likeness (QED) is 0.872. The van der Waals surface area contributed by atoms with Crippen molar-refractivity contribution in [1.82, 2.24) is 5.32 Å². The van der Waals surface area contributed by atoms with E-state index < -0.39 is 0 Å². The molecule has 1 N–H and O–H groups in total. The summed E-state index contributed by atoms with van der Waals surface area (Å²) < 4.78 is 5.71. The van der Waals surface area contributed by atoms with Crippen molar-refractivity contribution in [3.63, 3.8) is 0 Å². The van der Waals surface area contributed by atoms with Crippen LogP contribution in [0.4, 0.5) is 0 Å². The summed E-state index contributed by atoms with van der Waals surface area (Å²) in [5.41, 5.74) is 1.73. The summed E-state index contributed by atoms with van der Waals surface area (Å²) in [5, 5.41) is 2.86. The summed E-state index contributed by atoms with van der Waals surface area (Å²) in [6.45, 7) is 3.22. The summed E-state index contributed by atoms with van der Waals surface area (Å²) in [6, 6.07) is 17.2. The van der Waals surface area contributed by atoms with E-state index in [2.05, 4.69) is 5.32 Å². The lowest BCUT2D eigenvalue weighted by Gasteiger charge is -2.08. The van der Waals surface area contributed by atoms with E-state index in [-0.39, 0.29) is 5.91 Å². The molecule has 1 amide bonds. The van der Waals surface area contributed by atoms with Gasteiger partial charge in [-0.1, -0.05) is 43.3 Å². The van der Waals surface area contributed by atoms with Gasteiger partial charge in [-0.3, -0.25) is 4.79 Å². The Balaban J connectivity index is 1.97. The van der Waals surface area contributed by atoms with E-state index in [1.807, 2.05) is 49.4 Å². The van der Waals surface area contributed by atoms with Gasteiger partial charge in [0.25, 0.3) is 5.91 Å². The SMILES string of the molecule is CCCNC(=O)c1cccc(OCc2ccccc2)c1. The number of rotatable bonds is 6. The zero-order valence-electron chi connectivity index (χ0n) is 11.6. The van der Waals surface area contributed by atoms with Gasteiger partial charge in [0, 0.05) is 12.1 Å². The third-order valence-corrected chi connectivity index (χ3v) is 2.88. The third-order valence-electron chi connectivity index (χ3n) is 2.88. The third kappa shape index (κ3) is 4.12. The van der Waals surface area contributed by atoms with Crippen LogP contribution < -0.4 is 10.1 Å². The maximum Gasteiger partial charge on any atom is 0.251 e. The molecule has 0 aliphatic heterocycles. The molecule has 0 atom stereocenters. The van der Waals surface area contributed by atoms with E-state index in [1.54, 1.807) is 12.1 Å². The van der Waals surface area contributed by atoms with Gasteiger partial charge >= 0.3 is 0 Å². The maximum atomic E-state index is 11.9. The largest absolute Gasteiger partial charge is 0.489 e. The van der Waals surface area contributed by atoms with Crippen LogP contribution in [0.25, 0.3) is 0 Å². The number of benzene rings is 2. The Kier molecular flexibility index (Phi) is 5.18. The average molecular weight is 269 g/mol. The Morgan fingerprint density at radius 3 is 2.65 bits per heavy atom. The molecular weight excluding hydrogens is 250 g/mol. The van der Waals surface area contributed by atoms with Crippen LogP contribution in [0, 0.1) is 0 Å². The maximum absolute atomic E-state index is 11.9. The molecule has 0 aliphatic carbocycles. The van der Waals surface area contributed by atoms with Crippen molar-refractivity contribution in [2.75, 3.05) is 6.54 Å². The van der Waals surface area contributed by atoms with Crippen molar-refractivity contribution >= 4 is 5.91 Å². The smallest absolute Gasteiger partial charge is 0.251 e. The highest BCUT2D eigenvalue weighted by Gasteiger charge is 2.05. The van der Waals surface area contributed by atoms with Crippen LogP contribution in [-0.4, -0.2) is 12.5 Å². The number of hydrogen-bond donors (Lipinski definition) is 1. The number of amides is 1. The molecule has 2 aromatic rings. The molecule has 104 valence electrons. The molecular formula is C17H19NO2. The van der Waals surface area contributed by atoms with Crippen LogP contribution in [0.2, 0.25) is 0 Å². The van der Waals surface area contributed by atoms with Gasteiger partial charge in [0.1, 0.15) is 12.4 Å². The van der Waals surface area contributed by atoms with E-state index in [0.29, 0.717) is 24.5 Å². The highest BCUT2D eigenvalue weighted by Crippen LogP contribution is 2.15. The Hall–Kier alpha value is -2.29. The Bertz CT molecular complexity index is 552. The summed E-state index contributed by atoms with van der Waals surface area (Å²) in [4.78, 5) is 11.9. The monoisotopic (exact) mass is 269 g/mol. The van der Waals surface area contributed by atoms with Gasteiger partial charge in [-0.25, -0.2) is 0 Å². The molecule has 0 radical (unpaired) electrons. The predicted molar refractivity (Wildman–Crippen MR) is 79.8 cm³/mol. The van der Waals surface area contributed by atoms with Gasteiger partial charge in [0.05, 0.1) is 0 Å². The molecule has 2 rings (SSSR count). The van der Waals surface area contributed by atoms with Crippen molar-refractivity contribution < 1.29 is 9.53 Å². The highest BCUT2D eigenvalue weighted by atomic mass is 16.5. The predicted octanol–water partition coefficient (Wildman–Crippen LogP) is 3.41. The fourth-order valence-electron chi connectivity index (χ4n) is 1.81. The molecule has 0 bridgehead atoms. The number of carbonyl (C=O) groups excluding carboxylic acids is 1. The number of hydrogen-bond acceptors (Lipinski definition) is 2. The van der Waals surface area contributed by atoms with Gasteiger partial charge < -0.3 is 10.1 Å². The fourth-order valence-corrected chi connectivity index (χ4v) is 1.81. The van der Waals surface area contributed by atoms with Gasteiger partial charge in [0.2, 0.25) is 0 Å². The highest BCUT2D eigenvalue weighted by molar-refractivity contribution is 5.94. The molecule has 0 saturated heterocycles. The van der Waals surface area contributed by atoms with Gasteiger partial charge in [-0.2, -0.15) is 0 Å². The van der Waals surface area contributed by atoms with E-state index >= 15 is 0 Å². The number of carbonyl (C=O) groups is 1. The Morgan fingerprint density at radius 2 is 1.90 bits per heavy atom. The first kappa shape index (κ1) is 14.1. The molecule has 0 spiro atoms. The van der Waals surface area contributed by atoms with Crippen molar-refractivity contribution in [2.24, 2.45) is 0 Å². The van der Waals surface area contributed by atoms with Crippen molar-refractivity contribution in [2.45, 2.75) is 20.0 Å². The first-order chi connectivity index (χ1) is 9.79. The number of ether oxygens (including phenoxy) is 1. The minimum Gasteiger partial charge on any atom is -0.489 e. The molecule has 0 saturated carbocycles. The molecule has 0 heterocycles. The molecule has 2 aromatic carbocycles. The van der Waals surface area contributed by atoms with Crippen LogP contribution in [-0.2, 0) is 6.61 Å². The molecule has 20 heavy (non-hydrogen) atoms. The minimum atomic E-state index is -0.0583. The average Bonchev–Trinajstić information content (AvgIpc) is 2.52. The minimum absolute atomic E-state index is 0.0583. The van der Waals surface area contributed by atoms with E-state index in [4.69, 9.17) is 4.74 Å². The lowest BCUT2D eigenvalue weighted by Crippen LogP contribution is -2.23. The zero-order chi connectivity index (χ0) is 14.2. The molecule has 3 nitrogen and oxygen atoms in total. The summed E-state index contributed by atoms with van der Waals surface area (Å²) in [6.07, 6.45) is 0.927. The van der Waals surface area contributed by atoms with Crippen molar-refractivity contribution in [3.05, 3.63) is 65.7 Å². The van der Waals surface area contributed by atoms with Gasteiger partial charge in [-0.15, -0.1) is 0 Å². The van der Waals surface area contributed by atoms with Crippen LogP contribution in [0.5, 0.6) is 5.75 Å².